The summed E-state index contributed by atoms with van der Waals surface area (Å²) in [5.41, 5.74) is 1.87. The molecule has 0 fully saturated rings. The van der Waals surface area contributed by atoms with E-state index in [4.69, 9.17) is 11.6 Å². The molecule has 0 aliphatic heterocycles. The second-order valence-corrected chi connectivity index (χ2v) is 6.18. The van der Waals surface area contributed by atoms with Gasteiger partial charge >= 0.3 is 0 Å². The van der Waals surface area contributed by atoms with Crippen LogP contribution in [-0.2, 0) is 10.8 Å². The fraction of sp³-hybridized carbons (Fsp3) is 0.308. The first kappa shape index (κ1) is 13.3. The van der Waals surface area contributed by atoms with E-state index in [1.54, 1.807) is 6.20 Å². The fourth-order valence-corrected chi connectivity index (χ4v) is 2.50. The van der Waals surface area contributed by atoms with Crippen molar-refractivity contribution in [1.82, 2.24) is 4.98 Å². The molecule has 1 aromatic carbocycles. The Morgan fingerprint density at radius 1 is 1.39 bits per heavy atom. The first-order valence-corrected chi connectivity index (χ1v) is 7.70. The lowest BCUT2D eigenvalue weighted by molar-refractivity contribution is 0.684. The molecule has 0 bridgehead atoms. The quantitative estimate of drug-likeness (QED) is 0.916. The molecule has 5 heteroatoms. The van der Waals surface area contributed by atoms with E-state index in [1.165, 1.54) is 0 Å². The average molecular weight is 283 g/mol. The Kier molecular flexibility index (Phi) is 4.55. The highest BCUT2D eigenvalue weighted by atomic mass is 35.5. The number of hydrogen-bond acceptors (Lipinski definition) is 3. The molecule has 0 aliphatic carbocycles. The highest BCUT2D eigenvalue weighted by Gasteiger charge is 2.02. The van der Waals surface area contributed by atoms with E-state index in [-0.39, 0.29) is 0 Å². The first-order chi connectivity index (χ1) is 8.70. The van der Waals surface area contributed by atoms with Gasteiger partial charge in [0, 0.05) is 51.1 Å². The van der Waals surface area contributed by atoms with Gasteiger partial charge in [-0.05, 0) is 24.3 Å². The zero-order valence-electron chi connectivity index (χ0n) is 10.1. The van der Waals surface area contributed by atoms with Crippen molar-refractivity contribution in [2.75, 3.05) is 23.4 Å². The van der Waals surface area contributed by atoms with Crippen molar-refractivity contribution in [1.29, 1.82) is 0 Å². The summed E-state index contributed by atoms with van der Waals surface area (Å²) in [4.78, 5) is 4.28. The van der Waals surface area contributed by atoms with Crippen molar-refractivity contribution < 1.29 is 4.21 Å². The average Bonchev–Trinajstić information content (AvgIpc) is 2.38. The fourth-order valence-electron chi connectivity index (χ4n) is 1.72. The van der Waals surface area contributed by atoms with E-state index in [0.29, 0.717) is 23.1 Å². The Labute approximate surface area is 114 Å². The third-order valence-electron chi connectivity index (χ3n) is 2.67. The normalized spacial score (nSPS) is 12.6. The number of nitrogens with zero attached hydrogens (tertiary/aromatic N) is 1. The lowest BCUT2D eigenvalue weighted by atomic mass is 10.2. The molecule has 0 aliphatic rings. The molecule has 1 atom stereocenters. The highest BCUT2D eigenvalue weighted by Crippen LogP contribution is 2.24. The maximum atomic E-state index is 11.4. The molecule has 96 valence electrons. The van der Waals surface area contributed by atoms with Crippen LogP contribution in [0.2, 0.25) is 5.02 Å². The second kappa shape index (κ2) is 6.16. The molecular formula is C13H15ClN2OS. The molecular weight excluding hydrogens is 268 g/mol. The number of fused-ring (bicyclic) bond motifs is 1. The summed E-state index contributed by atoms with van der Waals surface area (Å²) in [7, 11) is -0.737. The second-order valence-electron chi connectivity index (χ2n) is 3.88. The van der Waals surface area contributed by atoms with Crippen LogP contribution < -0.4 is 5.32 Å². The molecule has 3 nitrogen and oxygen atoms in total. The van der Waals surface area contributed by atoms with Crippen molar-refractivity contribution in [3.05, 3.63) is 35.5 Å². The highest BCUT2D eigenvalue weighted by molar-refractivity contribution is 7.84. The third-order valence-corrected chi connectivity index (χ3v) is 4.21. The van der Waals surface area contributed by atoms with Crippen molar-refractivity contribution in [2.45, 2.75) is 6.92 Å². The summed E-state index contributed by atoms with van der Waals surface area (Å²) < 4.78 is 11.4. The number of aromatic nitrogens is 1. The number of halogens is 1. The zero-order valence-corrected chi connectivity index (χ0v) is 11.7. The molecule has 2 aromatic rings. The summed E-state index contributed by atoms with van der Waals surface area (Å²) in [6.07, 6.45) is 1.75. The number of hydrogen-bond donors (Lipinski definition) is 1. The van der Waals surface area contributed by atoms with Crippen LogP contribution in [0, 0.1) is 0 Å². The number of benzene rings is 1. The standard InChI is InChI=1S/C13H15ClN2OS/c1-2-18(17)8-7-16-12-5-6-15-13-9-10(14)3-4-11(12)13/h3-6,9H,2,7-8H2,1H3,(H,15,16). The van der Waals surface area contributed by atoms with Crippen LogP contribution in [-0.4, -0.2) is 27.2 Å². The first-order valence-electron chi connectivity index (χ1n) is 5.84. The van der Waals surface area contributed by atoms with Crippen LogP contribution in [0.25, 0.3) is 10.9 Å². The van der Waals surface area contributed by atoms with Crippen LogP contribution in [0.15, 0.2) is 30.5 Å². The number of pyridine rings is 1. The largest absolute Gasteiger partial charge is 0.384 e. The van der Waals surface area contributed by atoms with Gasteiger partial charge in [-0.15, -0.1) is 0 Å². The summed E-state index contributed by atoms with van der Waals surface area (Å²) in [6, 6.07) is 7.56. The molecule has 2 rings (SSSR count). The summed E-state index contributed by atoms with van der Waals surface area (Å²) in [5, 5.41) is 5.01. The van der Waals surface area contributed by atoms with Crippen molar-refractivity contribution >= 4 is 39.0 Å². The van der Waals surface area contributed by atoms with Gasteiger partial charge in [0.25, 0.3) is 0 Å². The Morgan fingerprint density at radius 2 is 2.22 bits per heavy atom. The molecule has 0 saturated carbocycles. The van der Waals surface area contributed by atoms with Gasteiger partial charge in [-0.25, -0.2) is 0 Å². The minimum absolute atomic E-state index is 0.661. The smallest absolute Gasteiger partial charge is 0.0737 e. The van der Waals surface area contributed by atoms with Crippen LogP contribution in [0.1, 0.15) is 6.92 Å². The Morgan fingerprint density at radius 3 is 3.00 bits per heavy atom. The van der Waals surface area contributed by atoms with Gasteiger partial charge in [-0.1, -0.05) is 18.5 Å². The van der Waals surface area contributed by atoms with Gasteiger partial charge in [0.15, 0.2) is 0 Å². The molecule has 1 aromatic heterocycles. The van der Waals surface area contributed by atoms with Gasteiger partial charge in [-0.3, -0.25) is 9.19 Å². The lowest BCUT2D eigenvalue weighted by Crippen LogP contribution is -2.12. The third kappa shape index (κ3) is 3.21. The maximum Gasteiger partial charge on any atom is 0.0737 e. The zero-order chi connectivity index (χ0) is 13.0. The van der Waals surface area contributed by atoms with E-state index in [9.17, 15) is 4.21 Å². The minimum atomic E-state index is -0.737. The maximum absolute atomic E-state index is 11.4. The molecule has 0 spiro atoms. The van der Waals surface area contributed by atoms with Crippen LogP contribution in [0.5, 0.6) is 0 Å². The van der Waals surface area contributed by atoms with E-state index in [2.05, 4.69) is 10.3 Å². The monoisotopic (exact) mass is 282 g/mol. The van der Waals surface area contributed by atoms with Crippen molar-refractivity contribution in [3.8, 4) is 0 Å². The predicted molar refractivity (Wildman–Crippen MR) is 78.8 cm³/mol. The SMILES string of the molecule is CCS(=O)CCNc1ccnc2cc(Cl)ccc12. The predicted octanol–water partition coefficient (Wildman–Crippen LogP) is 3.07. The van der Waals surface area contributed by atoms with Gasteiger partial charge in [0.05, 0.1) is 5.52 Å². The topological polar surface area (TPSA) is 42.0 Å². The minimum Gasteiger partial charge on any atom is -0.384 e. The van der Waals surface area contributed by atoms with Gasteiger partial charge in [-0.2, -0.15) is 0 Å². The molecule has 1 N–H and O–H groups in total. The Bertz CT molecular complexity index is 574. The van der Waals surface area contributed by atoms with Crippen LogP contribution in [0.4, 0.5) is 5.69 Å². The van der Waals surface area contributed by atoms with Gasteiger partial charge in [0.2, 0.25) is 0 Å². The van der Waals surface area contributed by atoms with E-state index in [0.717, 1.165) is 16.6 Å². The molecule has 0 saturated heterocycles. The van der Waals surface area contributed by atoms with Gasteiger partial charge < -0.3 is 5.32 Å². The number of rotatable bonds is 5. The number of anilines is 1. The van der Waals surface area contributed by atoms with Crippen LogP contribution in [0.3, 0.4) is 0 Å². The van der Waals surface area contributed by atoms with E-state index < -0.39 is 10.8 Å². The molecule has 0 radical (unpaired) electrons. The molecule has 18 heavy (non-hydrogen) atoms. The Balaban J connectivity index is 2.15. The Hall–Kier alpha value is -1.13. The van der Waals surface area contributed by atoms with E-state index >= 15 is 0 Å². The van der Waals surface area contributed by atoms with Crippen LogP contribution >= 0.6 is 11.6 Å². The number of nitrogens with one attached hydrogen (secondary N) is 1. The molecule has 0 amide bonds. The molecule has 1 heterocycles. The van der Waals surface area contributed by atoms with Crippen molar-refractivity contribution in [3.63, 3.8) is 0 Å². The lowest BCUT2D eigenvalue weighted by Gasteiger charge is -2.09. The summed E-state index contributed by atoms with van der Waals surface area (Å²) in [5.74, 6) is 1.36. The summed E-state index contributed by atoms with van der Waals surface area (Å²) >= 11 is 5.94. The van der Waals surface area contributed by atoms with E-state index in [1.807, 2.05) is 31.2 Å². The van der Waals surface area contributed by atoms with Gasteiger partial charge in [0.1, 0.15) is 0 Å². The van der Waals surface area contributed by atoms with Crippen molar-refractivity contribution in [2.24, 2.45) is 0 Å². The summed E-state index contributed by atoms with van der Waals surface area (Å²) in [6.45, 7) is 2.63. The molecule has 1 unspecified atom stereocenters.